The molecule has 4 aromatic rings. The number of carboxylic acids is 1. The number of phenolic OH excluding ortho intramolecular Hbond substituents is 2. The maximum Gasteiger partial charge on any atom is 0.336 e. The number of rotatable bonds is 5. The Bertz CT molecular complexity index is 1760. The van der Waals surface area contributed by atoms with E-state index in [1.54, 1.807) is 12.1 Å². The maximum absolute atomic E-state index is 14.3. The summed E-state index contributed by atoms with van der Waals surface area (Å²) in [7, 11) is -4.14. The monoisotopic (exact) mass is 565 g/mol. The van der Waals surface area contributed by atoms with Gasteiger partial charge in [0.25, 0.3) is 0 Å². The number of aromatic hydroxyl groups is 2. The van der Waals surface area contributed by atoms with Crippen LogP contribution in [0.4, 0.5) is 20.6 Å². The molecular weight excluding hydrogens is 545 g/mol. The molecule has 0 saturated carbocycles. The first-order chi connectivity index (χ1) is 18.9. The molecule has 2 amide bonds. The fourth-order valence-electron chi connectivity index (χ4n) is 4.45. The van der Waals surface area contributed by atoms with E-state index in [0.717, 1.165) is 12.1 Å². The lowest BCUT2D eigenvalue weighted by Crippen LogP contribution is -2.21. The van der Waals surface area contributed by atoms with Gasteiger partial charge >= 0.3 is 12.0 Å². The van der Waals surface area contributed by atoms with Gasteiger partial charge in [0.1, 0.15) is 28.8 Å². The summed E-state index contributed by atoms with van der Waals surface area (Å²) in [6.45, 7) is 0. The zero-order chi connectivity index (χ0) is 28.8. The molecule has 1 aliphatic heterocycles. The molecule has 0 bridgehead atoms. The SMILES string of the molecule is NS(=O)(=O)c1ccc(NC(=O)Nc2ccc(C3c4ccc(O)cc4Oc4cc(O)ccc43)c(C(=O)O)c2)c(F)c1. The maximum atomic E-state index is 14.3. The number of anilines is 2. The molecule has 7 N–H and O–H groups in total. The van der Waals surface area contributed by atoms with Gasteiger partial charge in [0.05, 0.1) is 16.1 Å². The standard InChI is InChI=1S/C27H20FN3O8S/c28-21-12-16(40(29,37)38)4-8-22(21)31-27(36)30-13-1-5-17(20(9-13)26(34)35)25-18-6-2-14(32)10-23(18)39-24-11-15(33)3-7-19(24)25/h1-12,25,32-33H,(H,34,35)(H2,29,37,38)(H2,30,31,36). The molecule has 13 heteroatoms. The number of halogens is 1. The molecule has 1 aliphatic rings. The predicted molar refractivity (Wildman–Crippen MR) is 141 cm³/mol. The van der Waals surface area contributed by atoms with Crippen LogP contribution in [0.15, 0.2) is 77.7 Å². The molecule has 0 aliphatic carbocycles. The third kappa shape index (κ3) is 5.10. The molecule has 0 atom stereocenters. The summed E-state index contributed by atoms with van der Waals surface area (Å²) in [5.74, 6) is -2.59. The third-order valence-electron chi connectivity index (χ3n) is 6.21. The number of nitrogens with one attached hydrogen (secondary N) is 2. The van der Waals surface area contributed by atoms with Crippen LogP contribution in [0.1, 0.15) is 33.0 Å². The van der Waals surface area contributed by atoms with E-state index in [1.165, 1.54) is 42.5 Å². The zero-order valence-electron chi connectivity index (χ0n) is 20.3. The molecule has 11 nitrogen and oxygen atoms in total. The number of hydrogen-bond acceptors (Lipinski definition) is 7. The Balaban J connectivity index is 1.48. The van der Waals surface area contributed by atoms with Gasteiger partial charge in [-0.15, -0.1) is 0 Å². The molecule has 204 valence electrons. The lowest BCUT2D eigenvalue weighted by atomic mass is 9.80. The Morgan fingerprint density at radius 2 is 1.43 bits per heavy atom. The second-order valence-corrected chi connectivity index (χ2v) is 10.4. The second-order valence-electron chi connectivity index (χ2n) is 8.85. The molecule has 0 radical (unpaired) electrons. The number of aromatic carboxylic acids is 1. The topological polar surface area (TPSA) is 188 Å². The number of benzene rings is 4. The van der Waals surface area contributed by atoms with E-state index in [1.807, 2.05) is 0 Å². The van der Waals surface area contributed by atoms with E-state index in [2.05, 4.69) is 10.6 Å². The summed E-state index contributed by atoms with van der Waals surface area (Å²) < 4.78 is 43.0. The smallest absolute Gasteiger partial charge is 0.336 e. The number of urea groups is 1. The summed E-state index contributed by atoms with van der Waals surface area (Å²) in [5.41, 5.74) is 1.05. The number of nitrogens with two attached hydrogens (primary N) is 1. The quantitative estimate of drug-likeness (QED) is 0.179. The highest BCUT2D eigenvalue weighted by atomic mass is 32.2. The minimum absolute atomic E-state index is 0.0687. The van der Waals surface area contributed by atoms with Crippen LogP contribution in [0.3, 0.4) is 0 Å². The van der Waals surface area contributed by atoms with Gasteiger partial charge in [0, 0.05) is 34.9 Å². The van der Waals surface area contributed by atoms with Crippen LogP contribution in [-0.2, 0) is 10.0 Å². The average Bonchev–Trinajstić information content (AvgIpc) is 2.87. The van der Waals surface area contributed by atoms with Gasteiger partial charge in [0.2, 0.25) is 10.0 Å². The number of hydrogen-bond donors (Lipinski definition) is 6. The van der Waals surface area contributed by atoms with Crippen molar-refractivity contribution in [3.8, 4) is 23.0 Å². The zero-order valence-corrected chi connectivity index (χ0v) is 21.1. The predicted octanol–water partition coefficient (Wildman–Crippen LogP) is 4.51. The first kappa shape index (κ1) is 26.5. The van der Waals surface area contributed by atoms with Crippen molar-refractivity contribution in [1.29, 1.82) is 0 Å². The fraction of sp³-hybridized carbons (Fsp3) is 0.0370. The Morgan fingerprint density at radius 3 is 1.98 bits per heavy atom. The lowest BCUT2D eigenvalue weighted by molar-refractivity contribution is 0.0695. The van der Waals surface area contributed by atoms with Gasteiger partial charge in [-0.3, -0.25) is 0 Å². The summed E-state index contributed by atoms with van der Waals surface area (Å²) in [6, 6.07) is 14.8. The Hall–Kier alpha value is -5.14. The summed E-state index contributed by atoms with van der Waals surface area (Å²) >= 11 is 0. The van der Waals surface area contributed by atoms with E-state index in [4.69, 9.17) is 9.88 Å². The van der Waals surface area contributed by atoms with Gasteiger partial charge < -0.3 is 30.7 Å². The fourth-order valence-corrected chi connectivity index (χ4v) is 4.98. The largest absolute Gasteiger partial charge is 0.508 e. The first-order valence-corrected chi connectivity index (χ1v) is 13.1. The van der Waals surface area contributed by atoms with Crippen LogP contribution in [0.5, 0.6) is 23.0 Å². The van der Waals surface area contributed by atoms with Crippen molar-refractivity contribution >= 4 is 33.4 Å². The average molecular weight is 566 g/mol. The van der Waals surface area contributed by atoms with Crippen LogP contribution in [0.25, 0.3) is 0 Å². The molecule has 4 aromatic carbocycles. The molecule has 0 saturated heterocycles. The van der Waals surface area contributed by atoms with Crippen LogP contribution < -0.4 is 20.5 Å². The van der Waals surface area contributed by atoms with Gasteiger partial charge in [-0.1, -0.05) is 18.2 Å². The van der Waals surface area contributed by atoms with Crippen LogP contribution in [0.2, 0.25) is 0 Å². The van der Waals surface area contributed by atoms with Gasteiger partial charge in [-0.25, -0.2) is 27.5 Å². The van der Waals surface area contributed by atoms with E-state index in [0.29, 0.717) is 22.8 Å². The van der Waals surface area contributed by atoms with Crippen LogP contribution in [0, 0.1) is 5.82 Å². The molecular formula is C27H20FN3O8S. The molecule has 1 heterocycles. The first-order valence-electron chi connectivity index (χ1n) is 11.5. The number of carbonyl (C=O) groups excluding carboxylic acids is 1. The van der Waals surface area contributed by atoms with Crippen molar-refractivity contribution in [3.05, 3.63) is 101 Å². The number of fused-ring (bicyclic) bond motifs is 2. The van der Waals surface area contributed by atoms with Crippen molar-refractivity contribution in [1.82, 2.24) is 0 Å². The minimum Gasteiger partial charge on any atom is -0.508 e. The summed E-state index contributed by atoms with van der Waals surface area (Å²) in [4.78, 5) is 24.4. The second kappa shape index (κ2) is 9.87. The number of carbonyl (C=O) groups is 2. The molecule has 0 spiro atoms. The Labute approximate surface area is 226 Å². The number of phenols is 2. The number of amides is 2. The van der Waals surface area contributed by atoms with Gasteiger partial charge in [-0.05, 0) is 48.0 Å². The Morgan fingerprint density at radius 1 is 0.825 bits per heavy atom. The van der Waals surface area contributed by atoms with E-state index in [-0.39, 0.29) is 39.9 Å². The Kier molecular flexibility index (Phi) is 6.53. The lowest BCUT2D eigenvalue weighted by Gasteiger charge is -2.29. The van der Waals surface area contributed by atoms with Gasteiger partial charge in [-0.2, -0.15) is 0 Å². The molecule has 0 aromatic heterocycles. The molecule has 0 unspecified atom stereocenters. The van der Waals surface area contributed by atoms with Crippen molar-refractivity contribution in [2.45, 2.75) is 10.8 Å². The van der Waals surface area contributed by atoms with Crippen molar-refractivity contribution in [3.63, 3.8) is 0 Å². The highest BCUT2D eigenvalue weighted by Crippen LogP contribution is 2.49. The molecule has 40 heavy (non-hydrogen) atoms. The highest BCUT2D eigenvalue weighted by Gasteiger charge is 2.32. The number of carboxylic acid groups (broad SMARTS) is 1. The van der Waals surface area contributed by atoms with Crippen LogP contribution >= 0.6 is 0 Å². The third-order valence-corrected chi connectivity index (χ3v) is 7.12. The molecule has 0 fully saturated rings. The summed E-state index contributed by atoms with van der Waals surface area (Å²) in [5, 5.41) is 39.6. The normalized spacial score (nSPS) is 12.6. The summed E-state index contributed by atoms with van der Waals surface area (Å²) in [6.07, 6.45) is 0. The van der Waals surface area contributed by atoms with E-state index in [9.17, 15) is 37.7 Å². The van der Waals surface area contributed by atoms with Crippen molar-refractivity contribution in [2.75, 3.05) is 10.6 Å². The van der Waals surface area contributed by atoms with Crippen molar-refractivity contribution in [2.24, 2.45) is 5.14 Å². The van der Waals surface area contributed by atoms with Crippen molar-refractivity contribution < 1.29 is 42.5 Å². The van der Waals surface area contributed by atoms with Gasteiger partial charge in [0.15, 0.2) is 0 Å². The number of primary sulfonamides is 1. The highest BCUT2D eigenvalue weighted by molar-refractivity contribution is 7.89. The minimum atomic E-state index is -4.14. The van der Waals surface area contributed by atoms with E-state index < -0.39 is 38.7 Å². The van der Waals surface area contributed by atoms with Crippen LogP contribution in [-0.4, -0.2) is 35.7 Å². The number of sulfonamides is 1. The van der Waals surface area contributed by atoms with E-state index >= 15 is 0 Å². The molecule has 5 rings (SSSR count). The number of ether oxygens (including phenoxy) is 1.